The Hall–Kier alpha value is -0.990. The number of hydrogen-bond acceptors (Lipinski definition) is 2. The second-order valence-corrected chi connectivity index (χ2v) is 5.00. The second-order valence-electron chi connectivity index (χ2n) is 3.84. The first-order valence-corrected chi connectivity index (χ1v) is 7.15. The lowest BCUT2D eigenvalue weighted by atomic mass is 10.1. The molecule has 0 N–H and O–H groups in total. The van der Waals surface area contributed by atoms with Crippen molar-refractivity contribution in [2.45, 2.75) is 12.8 Å². The summed E-state index contributed by atoms with van der Waals surface area (Å²) in [5.41, 5.74) is 2.68. The zero-order valence-corrected chi connectivity index (χ0v) is 11.1. The fourth-order valence-electron chi connectivity index (χ4n) is 1.58. The Morgan fingerprint density at radius 3 is 2.53 bits per heavy atom. The van der Waals surface area contributed by atoms with Crippen LogP contribution in [0.3, 0.4) is 0 Å². The fourth-order valence-corrected chi connectivity index (χ4v) is 2.35. The summed E-state index contributed by atoms with van der Waals surface area (Å²) in [6.07, 6.45) is 1.88. The Morgan fingerprint density at radius 2 is 1.88 bits per heavy atom. The molecular weight excluding hydrogens is 252 g/mol. The van der Waals surface area contributed by atoms with Gasteiger partial charge in [-0.05, 0) is 52.9 Å². The summed E-state index contributed by atoms with van der Waals surface area (Å²) in [6.45, 7) is 0.688. The normalized spacial score (nSPS) is 10.4. The van der Waals surface area contributed by atoms with E-state index >= 15 is 0 Å². The van der Waals surface area contributed by atoms with E-state index < -0.39 is 0 Å². The summed E-state index contributed by atoms with van der Waals surface area (Å²) < 4.78 is 5.55. The molecule has 1 nitrogen and oxygen atoms in total. The minimum Gasteiger partial charge on any atom is -0.494 e. The summed E-state index contributed by atoms with van der Waals surface area (Å²) >= 11 is 7.33. The van der Waals surface area contributed by atoms with Crippen LogP contribution in [0.2, 0.25) is 0 Å². The number of benzene rings is 1. The fraction of sp³-hybridized carbons (Fsp3) is 0.286. The first-order chi connectivity index (χ1) is 8.38. The number of hydrogen-bond donors (Lipinski definition) is 0. The van der Waals surface area contributed by atoms with Gasteiger partial charge >= 0.3 is 0 Å². The molecule has 1 aromatic heterocycles. The molecule has 1 aromatic carbocycles. The van der Waals surface area contributed by atoms with Crippen molar-refractivity contribution in [2.24, 2.45) is 0 Å². The summed E-state index contributed by atoms with van der Waals surface area (Å²) in [5.74, 6) is 1.57. The molecule has 3 heteroatoms. The van der Waals surface area contributed by atoms with Gasteiger partial charge in [-0.15, -0.1) is 11.6 Å². The van der Waals surface area contributed by atoms with Gasteiger partial charge in [0, 0.05) is 5.88 Å². The number of thiophene rings is 1. The van der Waals surface area contributed by atoms with Gasteiger partial charge in [-0.1, -0.05) is 12.1 Å². The van der Waals surface area contributed by atoms with Gasteiger partial charge in [0.25, 0.3) is 0 Å². The van der Waals surface area contributed by atoms with Crippen LogP contribution in [0.25, 0.3) is 0 Å². The summed E-state index contributed by atoms with van der Waals surface area (Å²) in [4.78, 5) is 0. The highest BCUT2D eigenvalue weighted by atomic mass is 35.5. The van der Waals surface area contributed by atoms with Crippen LogP contribution in [-0.2, 0) is 6.42 Å². The molecule has 2 aromatic rings. The van der Waals surface area contributed by atoms with Crippen molar-refractivity contribution >= 4 is 22.9 Å². The molecule has 0 aliphatic carbocycles. The zero-order valence-electron chi connectivity index (χ0n) is 9.56. The molecule has 0 aliphatic heterocycles. The van der Waals surface area contributed by atoms with Crippen molar-refractivity contribution in [1.82, 2.24) is 0 Å². The van der Waals surface area contributed by atoms with Crippen molar-refractivity contribution in [2.75, 3.05) is 12.5 Å². The molecule has 17 heavy (non-hydrogen) atoms. The standard InChI is InChI=1S/C14H15ClOS/c15-7-1-8-16-14-4-2-12(3-5-14)10-13-6-9-17-11-13/h2-6,9,11H,1,7-8,10H2. The van der Waals surface area contributed by atoms with Crippen molar-refractivity contribution in [3.8, 4) is 5.75 Å². The van der Waals surface area contributed by atoms with E-state index in [2.05, 4.69) is 29.0 Å². The molecule has 2 rings (SSSR count). The molecule has 0 unspecified atom stereocenters. The van der Waals surface area contributed by atoms with Crippen molar-refractivity contribution in [3.63, 3.8) is 0 Å². The van der Waals surface area contributed by atoms with Crippen LogP contribution in [0.4, 0.5) is 0 Å². The molecule has 1 heterocycles. The van der Waals surface area contributed by atoms with Crippen molar-refractivity contribution in [1.29, 1.82) is 0 Å². The zero-order chi connectivity index (χ0) is 11.9. The summed E-state index contributed by atoms with van der Waals surface area (Å²) in [5, 5.41) is 4.30. The largest absolute Gasteiger partial charge is 0.494 e. The van der Waals surface area contributed by atoms with Gasteiger partial charge in [-0.25, -0.2) is 0 Å². The summed E-state index contributed by atoms with van der Waals surface area (Å²) in [7, 11) is 0. The maximum atomic E-state index is 5.59. The van der Waals surface area contributed by atoms with Crippen molar-refractivity contribution < 1.29 is 4.74 Å². The number of alkyl halides is 1. The molecule has 90 valence electrons. The van der Waals surface area contributed by atoms with E-state index in [1.54, 1.807) is 11.3 Å². The van der Waals surface area contributed by atoms with Gasteiger partial charge < -0.3 is 4.74 Å². The first kappa shape index (κ1) is 12.5. The topological polar surface area (TPSA) is 9.23 Å². The highest BCUT2D eigenvalue weighted by molar-refractivity contribution is 7.07. The Bertz CT molecular complexity index is 422. The molecule has 0 bridgehead atoms. The molecule has 0 radical (unpaired) electrons. The molecule has 0 atom stereocenters. The molecule has 0 amide bonds. The van der Waals surface area contributed by atoms with Crippen molar-refractivity contribution in [3.05, 3.63) is 52.2 Å². The second kappa shape index (κ2) is 6.67. The number of ether oxygens (including phenoxy) is 1. The Kier molecular flexibility index (Phi) is 4.89. The molecular formula is C14H15ClOS. The average Bonchev–Trinajstić information content (AvgIpc) is 2.85. The van der Waals surface area contributed by atoms with E-state index in [0.29, 0.717) is 12.5 Å². The van der Waals surface area contributed by atoms with E-state index in [1.165, 1.54) is 11.1 Å². The highest BCUT2D eigenvalue weighted by Crippen LogP contribution is 2.16. The minimum atomic E-state index is 0.649. The van der Waals surface area contributed by atoms with Gasteiger partial charge in [-0.2, -0.15) is 11.3 Å². The van der Waals surface area contributed by atoms with E-state index in [9.17, 15) is 0 Å². The Labute approximate surface area is 111 Å². The highest BCUT2D eigenvalue weighted by Gasteiger charge is 1.98. The molecule has 0 fully saturated rings. The number of rotatable bonds is 6. The number of halogens is 1. The van der Waals surface area contributed by atoms with Crippen LogP contribution < -0.4 is 4.74 Å². The first-order valence-electron chi connectivity index (χ1n) is 5.67. The third-order valence-electron chi connectivity index (χ3n) is 2.46. The van der Waals surface area contributed by atoms with Crippen LogP contribution in [0.5, 0.6) is 5.75 Å². The molecule has 0 saturated heterocycles. The maximum Gasteiger partial charge on any atom is 0.119 e. The van der Waals surface area contributed by atoms with E-state index in [1.807, 2.05) is 12.1 Å². The van der Waals surface area contributed by atoms with Crippen LogP contribution in [0.1, 0.15) is 17.5 Å². The van der Waals surface area contributed by atoms with Gasteiger partial charge in [0.1, 0.15) is 5.75 Å². The Morgan fingerprint density at radius 1 is 1.06 bits per heavy atom. The van der Waals surface area contributed by atoms with Gasteiger partial charge in [0.05, 0.1) is 6.61 Å². The Balaban J connectivity index is 1.89. The quantitative estimate of drug-likeness (QED) is 0.558. The molecule has 0 saturated carbocycles. The monoisotopic (exact) mass is 266 g/mol. The van der Waals surface area contributed by atoms with Gasteiger partial charge in [0.15, 0.2) is 0 Å². The van der Waals surface area contributed by atoms with Gasteiger partial charge in [0.2, 0.25) is 0 Å². The lowest BCUT2D eigenvalue weighted by molar-refractivity contribution is 0.318. The predicted octanol–water partition coefficient (Wildman–Crippen LogP) is 4.35. The lowest BCUT2D eigenvalue weighted by Crippen LogP contribution is -1.97. The SMILES string of the molecule is ClCCCOc1ccc(Cc2ccsc2)cc1. The smallest absolute Gasteiger partial charge is 0.119 e. The van der Waals surface area contributed by atoms with E-state index in [-0.39, 0.29) is 0 Å². The maximum absolute atomic E-state index is 5.59. The van der Waals surface area contributed by atoms with E-state index in [0.717, 1.165) is 18.6 Å². The van der Waals surface area contributed by atoms with E-state index in [4.69, 9.17) is 16.3 Å². The third-order valence-corrected chi connectivity index (χ3v) is 3.46. The van der Waals surface area contributed by atoms with Crippen LogP contribution in [0.15, 0.2) is 41.1 Å². The lowest BCUT2D eigenvalue weighted by Gasteiger charge is -2.05. The third kappa shape index (κ3) is 4.06. The molecule has 0 spiro atoms. The van der Waals surface area contributed by atoms with Crippen LogP contribution in [0, 0.1) is 0 Å². The van der Waals surface area contributed by atoms with Gasteiger partial charge in [-0.3, -0.25) is 0 Å². The summed E-state index contributed by atoms with van der Waals surface area (Å²) in [6, 6.07) is 10.4. The van der Waals surface area contributed by atoms with Crippen LogP contribution in [-0.4, -0.2) is 12.5 Å². The predicted molar refractivity (Wildman–Crippen MR) is 74.4 cm³/mol. The average molecular weight is 267 g/mol. The molecule has 0 aliphatic rings. The van der Waals surface area contributed by atoms with Crippen LogP contribution >= 0.6 is 22.9 Å². The minimum absolute atomic E-state index is 0.649.